The minimum Gasteiger partial charge on any atom is -0.494 e. The van der Waals surface area contributed by atoms with E-state index in [2.05, 4.69) is 49.0 Å². The summed E-state index contributed by atoms with van der Waals surface area (Å²) in [5.41, 5.74) is 2.28. The Morgan fingerprint density at radius 2 is 1.47 bits per heavy atom. The van der Waals surface area contributed by atoms with E-state index in [1.807, 2.05) is 24.5 Å². The summed E-state index contributed by atoms with van der Waals surface area (Å²) in [5.74, 6) is 1.73. The Balaban J connectivity index is 1.71. The zero-order valence-corrected chi connectivity index (χ0v) is 20.8. The van der Waals surface area contributed by atoms with Crippen LogP contribution >= 0.6 is 0 Å². The first-order valence-corrected chi connectivity index (χ1v) is 15.5. The fraction of sp³-hybridized carbons (Fsp3) is 0.615. The van der Waals surface area contributed by atoms with Gasteiger partial charge in [0, 0.05) is 26.0 Å². The summed E-state index contributed by atoms with van der Waals surface area (Å²) < 4.78 is 5.92. The van der Waals surface area contributed by atoms with Crippen LogP contribution < -0.4 is 4.74 Å². The van der Waals surface area contributed by atoms with Gasteiger partial charge in [-0.05, 0) is 49.1 Å². The molecule has 3 nitrogen and oxygen atoms in total. The lowest BCUT2D eigenvalue weighted by Crippen LogP contribution is -2.23. The Morgan fingerprint density at radius 3 is 2.13 bits per heavy atom. The lowest BCUT2D eigenvalue weighted by atomic mass is 10.1. The van der Waals surface area contributed by atoms with E-state index in [0.717, 1.165) is 36.6 Å². The number of rotatable bonds is 15. The predicted molar refractivity (Wildman–Crippen MR) is 132 cm³/mol. The maximum Gasteiger partial charge on any atom is 0.159 e. The molecule has 0 radical (unpaired) electrons. The highest BCUT2D eigenvalue weighted by Gasteiger charge is 2.16. The number of hydrogen-bond donors (Lipinski definition) is 0. The van der Waals surface area contributed by atoms with Gasteiger partial charge in [-0.25, -0.2) is 9.97 Å². The Morgan fingerprint density at radius 1 is 0.800 bits per heavy atom. The van der Waals surface area contributed by atoms with Gasteiger partial charge in [-0.15, -0.1) is 0 Å². The van der Waals surface area contributed by atoms with Gasteiger partial charge in [-0.1, -0.05) is 77.6 Å². The van der Waals surface area contributed by atoms with Crippen LogP contribution in [0.5, 0.6) is 5.75 Å². The van der Waals surface area contributed by atoms with Crippen molar-refractivity contribution in [1.29, 1.82) is 0 Å². The number of benzene rings is 1. The third-order valence-electron chi connectivity index (χ3n) is 6.11. The van der Waals surface area contributed by atoms with Crippen LogP contribution in [0.4, 0.5) is 0 Å². The lowest BCUT2D eigenvalue weighted by Gasteiger charge is -2.19. The van der Waals surface area contributed by atoms with E-state index < -0.39 is 8.07 Å². The molecule has 0 fully saturated rings. The predicted octanol–water partition coefficient (Wildman–Crippen LogP) is 7.93. The van der Waals surface area contributed by atoms with Crippen molar-refractivity contribution in [3.05, 3.63) is 42.2 Å². The highest BCUT2D eigenvalue weighted by atomic mass is 28.3. The monoisotopic (exact) mass is 426 g/mol. The summed E-state index contributed by atoms with van der Waals surface area (Å²) in [6.07, 6.45) is 15.4. The highest BCUT2D eigenvalue weighted by Crippen LogP contribution is 2.21. The number of ether oxygens (including phenoxy) is 1. The fourth-order valence-corrected chi connectivity index (χ4v) is 5.08. The number of aromatic nitrogens is 2. The summed E-state index contributed by atoms with van der Waals surface area (Å²) in [4.78, 5) is 9.15. The van der Waals surface area contributed by atoms with Crippen molar-refractivity contribution in [3.63, 3.8) is 0 Å². The smallest absolute Gasteiger partial charge is 0.159 e. The molecule has 0 unspecified atom stereocenters. The number of nitrogens with zero attached hydrogens (tertiary/aromatic N) is 2. The van der Waals surface area contributed by atoms with E-state index in [1.165, 1.54) is 62.6 Å². The number of unbranched alkanes of at least 4 members (excludes halogenated alkanes) is 6. The van der Waals surface area contributed by atoms with Gasteiger partial charge >= 0.3 is 0 Å². The molecule has 0 bridgehead atoms. The van der Waals surface area contributed by atoms with Crippen LogP contribution in [0.3, 0.4) is 0 Å². The van der Waals surface area contributed by atoms with Gasteiger partial charge in [0.05, 0.1) is 6.61 Å². The van der Waals surface area contributed by atoms with Crippen LogP contribution in [0.25, 0.3) is 11.4 Å². The second-order valence-corrected chi connectivity index (χ2v) is 14.8. The molecule has 0 saturated carbocycles. The molecule has 0 N–H and O–H groups in total. The molecule has 2 rings (SSSR count). The molecule has 0 saturated heterocycles. The van der Waals surface area contributed by atoms with E-state index in [4.69, 9.17) is 4.74 Å². The Bertz CT molecular complexity index is 698. The molecule has 0 amide bonds. The molecule has 30 heavy (non-hydrogen) atoms. The second kappa shape index (κ2) is 13.6. The van der Waals surface area contributed by atoms with Crippen LogP contribution in [0.1, 0.15) is 70.8 Å². The topological polar surface area (TPSA) is 35.0 Å². The summed E-state index contributed by atoms with van der Waals surface area (Å²) in [5, 5.41) is 0. The molecule has 1 aromatic carbocycles. The summed E-state index contributed by atoms with van der Waals surface area (Å²) >= 11 is 0. The molecule has 0 atom stereocenters. The van der Waals surface area contributed by atoms with Gasteiger partial charge in [0.1, 0.15) is 5.75 Å². The first-order valence-electron chi connectivity index (χ1n) is 12.1. The van der Waals surface area contributed by atoms with Crippen molar-refractivity contribution in [2.45, 2.75) is 96.8 Å². The molecule has 4 heteroatoms. The molecule has 0 spiro atoms. The highest BCUT2D eigenvalue weighted by molar-refractivity contribution is 6.77. The van der Waals surface area contributed by atoms with Crippen molar-refractivity contribution in [2.24, 2.45) is 0 Å². The van der Waals surface area contributed by atoms with Crippen LogP contribution in [-0.2, 0) is 6.42 Å². The van der Waals surface area contributed by atoms with E-state index in [1.54, 1.807) is 0 Å². The average Bonchev–Trinajstić information content (AvgIpc) is 2.77. The van der Waals surface area contributed by atoms with E-state index in [9.17, 15) is 0 Å². The van der Waals surface area contributed by atoms with Crippen LogP contribution in [0.2, 0.25) is 25.2 Å². The molecule has 0 aliphatic carbocycles. The molecule has 2 aromatic rings. The summed E-state index contributed by atoms with van der Waals surface area (Å²) in [6.45, 7) is 10.4. The fourth-order valence-electron chi connectivity index (χ4n) is 3.52. The van der Waals surface area contributed by atoms with Crippen molar-refractivity contribution in [2.75, 3.05) is 6.61 Å². The molecular weight excluding hydrogens is 384 g/mol. The van der Waals surface area contributed by atoms with Gasteiger partial charge in [-0.3, -0.25) is 0 Å². The van der Waals surface area contributed by atoms with Crippen molar-refractivity contribution in [3.8, 4) is 17.1 Å². The normalized spacial score (nSPS) is 11.6. The van der Waals surface area contributed by atoms with Crippen LogP contribution in [-0.4, -0.2) is 24.6 Å². The van der Waals surface area contributed by atoms with Gasteiger partial charge in [0.25, 0.3) is 0 Å². The molecule has 0 aliphatic heterocycles. The summed E-state index contributed by atoms with van der Waals surface area (Å²) in [6, 6.07) is 11.0. The molecular formula is C26H42N2OSi. The van der Waals surface area contributed by atoms with Crippen molar-refractivity contribution >= 4 is 8.07 Å². The molecule has 1 heterocycles. The summed E-state index contributed by atoms with van der Waals surface area (Å²) in [7, 11) is -0.940. The van der Waals surface area contributed by atoms with Gasteiger partial charge in [0.2, 0.25) is 0 Å². The van der Waals surface area contributed by atoms with Crippen molar-refractivity contribution in [1.82, 2.24) is 9.97 Å². The van der Waals surface area contributed by atoms with E-state index in [-0.39, 0.29) is 0 Å². The van der Waals surface area contributed by atoms with Gasteiger partial charge in [-0.2, -0.15) is 0 Å². The zero-order valence-electron chi connectivity index (χ0n) is 19.8. The minimum atomic E-state index is -0.940. The lowest BCUT2D eigenvalue weighted by molar-refractivity contribution is 0.309. The SMILES string of the molecule is CCCCCCCCc1cnc(-c2ccc(OCCCC[Si](C)(C)CC)cc2)nc1. The standard InChI is InChI=1S/C26H42N2OSi/c1-5-7-8-9-10-11-14-23-21-27-26(28-22-23)24-15-17-25(18-16-24)29-19-12-13-20-30(3,4)6-2/h15-18,21-22H,5-14,19-20H2,1-4H3. The maximum atomic E-state index is 5.92. The molecule has 1 aromatic heterocycles. The van der Waals surface area contributed by atoms with Crippen LogP contribution in [0, 0.1) is 0 Å². The first-order chi connectivity index (χ1) is 14.5. The third-order valence-corrected chi connectivity index (χ3v) is 9.73. The second-order valence-electron chi connectivity index (χ2n) is 9.28. The van der Waals surface area contributed by atoms with E-state index >= 15 is 0 Å². The average molecular weight is 427 g/mol. The van der Waals surface area contributed by atoms with Gasteiger partial charge < -0.3 is 4.74 Å². The van der Waals surface area contributed by atoms with E-state index in [0.29, 0.717) is 0 Å². The minimum absolute atomic E-state index is 0.792. The maximum absolute atomic E-state index is 5.92. The Kier molecular flexibility index (Phi) is 11.1. The van der Waals surface area contributed by atoms with Crippen molar-refractivity contribution < 1.29 is 4.74 Å². The quantitative estimate of drug-likeness (QED) is 0.214. The Hall–Kier alpha value is -1.68. The largest absolute Gasteiger partial charge is 0.494 e. The molecule has 0 aliphatic rings. The number of hydrogen-bond acceptors (Lipinski definition) is 3. The van der Waals surface area contributed by atoms with Gasteiger partial charge in [0.15, 0.2) is 5.82 Å². The number of aryl methyl sites for hydroxylation is 1. The Labute approximate surface area is 185 Å². The van der Waals surface area contributed by atoms with Crippen LogP contribution in [0.15, 0.2) is 36.7 Å². The molecule has 166 valence electrons. The zero-order chi connectivity index (χ0) is 21.7. The third kappa shape index (κ3) is 9.42. The first kappa shape index (κ1) is 24.6.